The van der Waals surface area contributed by atoms with Gasteiger partial charge in [-0.1, -0.05) is 19.1 Å². The summed E-state index contributed by atoms with van der Waals surface area (Å²) in [5, 5.41) is 0. The molecule has 1 heterocycles. The lowest BCUT2D eigenvalue weighted by molar-refractivity contribution is 0.0235. The van der Waals surface area contributed by atoms with E-state index in [2.05, 4.69) is 28.9 Å². The van der Waals surface area contributed by atoms with Crippen molar-refractivity contribution in [3.05, 3.63) is 50.6 Å². The zero-order valence-corrected chi connectivity index (χ0v) is 14.6. The molecule has 0 saturated carbocycles. The molecule has 5 heteroatoms. The first kappa shape index (κ1) is 16.5. The smallest absolute Gasteiger partial charge is 0.119 e. The van der Waals surface area contributed by atoms with Gasteiger partial charge in [-0.05, 0) is 52.2 Å². The number of ether oxygens (including phenoxy) is 2. The molecule has 2 atom stereocenters. The van der Waals surface area contributed by atoms with Gasteiger partial charge >= 0.3 is 0 Å². The van der Waals surface area contributed by atoms with Crippen molar-refractivity contribution in [2.45, 2.75) is 32.1 Å². The van der Waals surface area contributed by atoms with E-state index in [0.717, 1.165) is 26.4 Å². The zero-order valence-electron chi connectivity index (χ0n) is 12.2. The molecule has 2 N–H and O–H groups in total. The molecule has 0 aliphatic rings. The van der Waals surface area contributed by atoms with E-state index in [1.54, 1.807) is 18.4 Å². The standard InChI is InChI=1S/C16H20BrNO2S/c1-3-13(18)16(14-7-8-15(17)21-14)20-10-11-5-4-6-12(9-11)19-2/h4-9,13,16H,3,10,18H2,1-2H3. The average molecular weight is 370 g/mol. The van der Waals surface area contributed by atoms with Crippen LogP contribution in [-0.2, 0) is 11.3 Å². The molecule has 0 fully saturated rings. The first-order valence-corrected chi connectivity index (χ1v) is 8.50. The van der Waals surface area contributed by atoms with Gasteiger partial charge < -0.3 is 15.2 Å². The molecule has 2 unspecified atom stereocenters. The van der Waals surface area contributed by atoms with Gasteiger partial charge in [-0.25, -0.2) is 0 Å². The molecule has 2 rings (SSSR count). The van der Waals surface area contributed by atoms with Gasteiger partial charge in [0.05, 0.1) is 17.5 Å². The van der Waals surface area contributed by atoms with E-state index in [9.17, 15) is 0 Å². The molecule has 0 radical (unpaired) electrons. The predicted octanol–water partition coefficient (Wildman–Crippen LogP) is 4.51. The molecular formula is C16H20BrNO2S. The summed E-state index contributed by atoms with van der Waals surface area (Å²) < 4.78 is 12.4. The highest BCUT2D eigenvalue weighted by Crippen LogP contribution is 2.32. The fourth-order valence-corrected chi connectivity index (χ4v) is 3.61. The van der Waals surface area contributed by atoms with Crippen LogP contribution in [0.1, 0.15) is 29.9 Å². The second-order valence-electron chi connectivity index (χ2n) is 4.80. The van der Waals surface area contributed by atoms with Crippen molar-refractivity contribution in [1.29, 1.82) is 0 Å². The quantitative estimate of drug-likeness (QED) is 0.780. The predicted molar refractivity (Wildman–Crippen MR) is 90.8 cm³/mol. The fraction of sp³-hybridized carbons (Fsp3) is 0.375. The van der Waals surface area contributed by atoms with E-state index in [-0.39, 0.29) is 12.1 Å². The summed E-state index contributed by atoms with van der Waals surface area (Å²) in [7, 11) is 1.67. The maximum Gasteiger partial charge on any atom is 0.119 e. The summed E-state index contributed by atoms with van der Waals surface area (Å²) in [5.41, 5.74) is 7.30. The van der Waals surface area contributed by atoms with E-state index < -0.39 is 0 Å². The number of benzene rings is 1. The molecule has 0 amide bonds. The number of thiophene rings is 1. The van der Waals surface area contributed by atoms with Crippen LogP contribution in [0.5, 0.6) is 5.75 Å². The fourth-order valence-electron chi connectivity index (χ4n) is 2.06. The molecule has 0 aliphatic carbocycles. The Hall–Kier alpha value is -0.880. The molecule has 1 aromatic carbocycles. The minimum absolute atomic E-state index is 0.0128. The van der Waals surface area contributed by atoms with Gasteiger partial charge in [-0.2, -0.15) is 0 Å². The number of methoxy groups -OCH3 is 1. The maximum absolute atomic E-state index is 6.22. The van der Waals surface area contributed by atoms with E-state index in [1.807, 2.05) is 30.3 Å². The largest absolute Gasteiger partial charge is 0.497 e. The second-order valence-corrected chi connectivity index (χ2v) is 7.29. The molecule has 114 valence electrons. The highest BCUT2D eigenvalue weighted by atomic mass is 79.9. The maximum atomic E-state index is 6.22. The van der Waals surface area contributed by atoms with Crippen molar-refractivity contribution in [2.75, 3.05) is 7.11 Å². The van der Waals surface area contributed by atoms with Crippen LogP contribution in [0.25, 0.3) is 0 Å². The van der Waals surface area contributed by atoms with Gasteiger partial charge in [0.15, 0.2) is 0 Å². The van der Waals surface area contributed by atoms with E-state index in [1.165, 1.54) is 0 Å². The van der Waals surface area contributed by atoms with Crippen molar-refractivity contribution in [1.82, 2.24) is 0 Å². The molecule has 1 aromatic heterocycles. The van der Waals surface area contributed by atoms with E-state index in [0.29, 0.717) is 6.61 Å². The third kappa shape index (κ3) is 4.54. The third-order valence-corrected chi connectivity index (χ3v) is 4.98. The van der Waals surface area contributed by atoms with E-state index >= 15 is 0 Å². The summed E-state index contributed by atoms with van der Waals surface area (Å²) in [6.07, 6.45) is 0.788. The second kappa shape index (κ2) is 7.94. The lowest BCUT2D eigenvalue weighted by Gasteiger charge is -2.22. The molecule has 3 nitrogen and oxygen atoms in total. The van der Waals surface area contributed by atoms with Crippen LogP contribution in [-0.4, -0.2) is 13.2 Å². The third-order valence-electron chi connectivity index (χ3n) is 3.30. The normalized spacial score (nSPS) is 13.9. The van der Waals surface area contributed by atoms with Gasteiger partial charge in [-0.15, -0.1) is 11.3 Å². The lowest BCUT2D eigenvalue weighted by atomic mass is 10.1. The van der Waals surface area contributed by atoms with Crippen LogP contribution in [0.3, 0.4) is 0 Å². The van der Waals surface area contributed by atoms with Crippen molar-refractivity contribution in [2.24, 2.45) is 5.73 Å². The van der Waals surface area contributed by atoms with Crippen molar-refractivity contribution in [3.63, 3.8) is 0 Å². The lowest BCUT2D eigenvalue weighted by Crippen LogP contribution is -2.29. The average Bonchev–Trinajstić information content (AvgIpc) is 2.93. The van der Waals surface area contributed by atoms with Gasteiger partial charge in [0.1, 0.15) is 11.9 Å². The molecule has 0 aliphatic heterocycles. The number of hydrogen-bond acceptors (Lipinski definition) is 4. The van der Waals surface area contributed by atoms with Gasteiger partial charge in [0.2, 0.25) is 0 Å². The molecule has 0 spiro atoms. The number of nitrogens with two attached hydrogens (primary N) is 1. The Balaban J connectivity index is 2.08. The summed E-state index contributed by atoms with van der Waals surface area (Å²) in [6.45, 7) is 2.60. The van der Waals surface area contributed by atoms with Crippen molar-refractivity contribution < 1.29 is 9.47 Å². The summed E-state index contributed by atoms with van der Waals surface area (Å²) in [5.74, 6) is 0.839. The highest BCUT2D eigenvalue weighted by Gasteiger charge is 2.21. The summed E-state index contributed by atoms with van der Waals surface area (Å²) in [6, 6.07) is 12.0. The topological polar surface area (TPSA) is 44.5 Å². The minimum atomic E-state index is -0.0856. The molecule has 0 saturated heterocycles. The number of hydrogen-bond donors (Lipinski definition) is 1. The van der Waals surface area contributed by atoms with Crippen LogP contribution in [0.2, 0.25) is 0 Å². The molecule has 21 heavy (non-hydrogen) atoms. The Kier molecular flexibility index (Phi) is 6.23. The van der Waals surface area contributed by atoms with Crippen molar-refractivity contribution in [3.8, 4) is 5.75 Å². The van der Waals surface area contributed by atoms with Crippen LogP contribution in [0, 0.1) is 0 Å². The first-order valence-electron chi connectivity index (χ1n) is 6.89. The Morgan fingerprint density at radius 2 is 2.10 bits per heavy atom. The Morgan fingerprint density at radius 3 is 2.71 bits per heavy atom. The number of halogens is 1. The Labute approximate surface area is 138 Å². The Bertz CT molecular complexity index is 573. The van der Waals surface area contributed by atoms with Crippen LogP contribution in [0.4, 0.5) is 0 Å². The van der Waals surface area contributed by atoms with Crippen molar-refractivity contribution >= 4 is 27.3 Å². The molecule has 2 aromatic rings. The van der Waals surface area contributed by atoms with Gasteiger partial charge in [0.25, 0.3) is 0 Å². The van der Waals surface area contributed by atoms with E-state index in [4.69, 9.17) is 15.2 Å². The number of rotatable bonds is 7. The highest BCUT2D eigenvalue weighted by molar-refractivity contribution is 9.11. The summed E-state index contributed by atoms with van der Waals surface area (Å²) >= 11 is 5.16. The Morgan fingerprint density at radius 1 is 1.29 bits per heavy atom. The van der Waals surface area contributed by atoms with Crippen LogP contribution >= 0.6 is 27.3 Å². The zero-order chi connectivity index (χ0) is 15.2. The van der Waals surface area contributed by atoms with Crippen LogP contribution in [0.15, 0.2) is 40.2 Å². The molecule has 0 bridgehead atoms. The first-order chi connectivity index (χ1) is 10.1. The summed E-state index contributed by atoms with van der Waals surface area (Å²) in [4.78, 5) is 1.15. The monoisotopic (exact) mass is 369 g/mol. The van der Waals surface area contributed by atoms with Gasteiger partial charge in [0, 0.05) is 10.9 Å². The van der Waals surface area contributed by atoms with Crippen LogP contribution < -0.4 is 10.5 Å². The SMILES string of the molecule is CCC(N)C(OCc1cccc(OC)c1)c1ccc(Br)s1. The molecular weight excluding hydrogens is 350 g/mol. The van der Waals surface area contributed by atoms with Gasteiger partial charge in [-0.3, -0.25) is 0 Å². The minimum Gasteiger partial charge on any atom is -0.497 e.